The SMILES string of the molecule is COc1ccccc1[PH+](c1ccccc1OC)c1ccccc1P(=O)(N(C)C)N(C)C.[CH3-].[Ni].c1ccncc1. The first-order chi connectivity index (χ1) is 17.9. The monoisotopic (exact) mass is 609 g/mol. The third-order valence-electron chi connectivity index (χ3n) is 5.89. The molecule has 1 aromatic heterocycles. The zero-order chi connectivity index (χ0) is 26.8. The van der Waals surface area contributed by atoms with Crippen molar-refractivity contribution >= 4 is 36.6 Å². The third kappa shape index (κ3) is 8.01. The molecule has 212 valence electrons. The number of methoxy groups -OCH3 is 2. The van der Waals surface area contributed by atoms with Crippen LogP contribution in [0, 0.1) is 7.43 Å². The van der Waals surface area contributed by atoms with Crippen LogP contribution in [0.25, 0.3) is 0 Å². The van der Waals surface area contributed by atoms with Crippen molar-refractivity contribution in [3.8, 4) is 11.5 Å². The summed E-state index contributed by atoms with van der Waals surface area (Å²) in [4.78, 5) is 3.78. The molecule has 39 heavy (non-hydrogen) atoms. The molecule has 9 heteroatoms. The molecule has 6 nitrogen and oxygen atoms in total. The van der Waals surface area contributed by atoms with Gasteiger partial charge < -0.3 is 16.9 Å². The average molecular weight is 610 g/mol. The van der Waals surface area contributed by atoms with Crippen molar-refractivity contribution < 1.29 is 30.5 Å². The molecule has 0 saturated heterocycles. The molecule has 0 bridgehead atoms. The van der Waals surface area contributed by atoms with Gasteiger partial charge in [-0.05, 0) is 76.7 Å². The number of hydrogen-bond acceptors (Lipinski definition) is 4. The van der Waals surface area contributed by atoms with Crippen LogP contribution < -0.4 is 30.7 Å². The molecule has 0 amide bonds. The Morgan fingerprint density at radius 1 is 0.641 bits per heavy atom. The standard InChI is InChI=1S/C24H30N2O3P2.C5H5N.CH3.Ni/c1-25(2)31(27,26(3)4)24-18-12-11-17-23(24)30(21-15-9-7-13-19(21)28-5)22-16-10-8-14-20(22)29-6;1-2-4-6-5-3-1;;/h7-18H,1-6H3;1-5H;1H3;/q;;-1;/p+1. The summed E-state index contributed by atoms with van der Waals surface area (Å²) in [5, 5.41) is 4.09. The fraction of sp³-hybridized carbons (Fsp3) is 0.200. The van der Waals surface area contributed by atoms with E-state index in [4.69, 9.17) is 9.47 Å². The molecule has 0 radical (unpaired) electrons. The maximum Gasteiger partial charge on any atom is 0.248 e. The van der Waals surface area contributed by atoms with Crippen molar-refractivity contribution in [2.45, 2.75) is 0 Å². The first-order valence-electron chi connectivity index (χ1n) is 11.9. The van der Waals surface area contributed by atoms with E-state index < -0.39 is 15.4 Å². The van der Waals surface area contributed by atoms with Crippen LogP contribution in [0.4, 0.5) is 0 Å². The van der Waals surface area contributed by atoms with Gasteiger partial charge in [0.2, 0.25) is 7.44 Å². The number of aromatic nitrogens is 1. The first kappa shape index (κ1) is 34.5. The van der Waals surface area contributed by atoms with Gasteiger partial charge >= 0.3 is 0 Å². The molecule has 1 heterocycles. The number of nitrogens with zero attached hydrogens (tertiary/aromatic N) is 3. The maximum absolute atomic E-state index is 14.3. The van der Waals surface area contributed by atoms with E-state index in [1.54, 1.807) is 26.6 Å². The van der Waals surface area contributed by atoms with E-state index in [1.807, 2.05) is 110 Å². The molecule has 0 fully saturated rings. The van der Waals surface area contributed by atoms with Crippen LogP contribution in [0.5, 0.6) is 11.5 Å². The van der Waals surface area contributed by atoms with Crippen LogP contribution >= 0.6 is 15.4 Å². The van der Waals surface area contributed by atoms with E-state index in [9.17, 15) is 4.57 Å². The topological polar surface area (TPSA) is 54.9 Å². The van der Waals surface area contributed by atoms with Crippen molar-refractivity contribution in [1.82, 2.24) is 14.3 Å². The molecular formula is C30H39N3NiO3P2. The summed E-state index contributed by atoms with van der Waals surface area (Å²) in [7, 11) is 6.27. The molecule has 0 aliphatic carbocycles. The van der Waals surface area contributed by atoms with Gasteiger partial charge in [0.15, 0.2) is 11.5 Å². The van der Waals surface area contributed by atoms with Crippen molar-refractivity contribution in [3.63, 3.8) is 0 Å². The second-order valence-corrected chi connectivity index (χ2v) is 14.1. The summed E-state index contributed by atoms with van der Waals surface area (Å²) in [5.41, 5.74) is 0. The van der Waals surface area contributed by atoms with Crippen LogP contribution in [0.15, 0.2) is 103 Å². The molecule has 4 aromatic rings. The number of pyridine rings is 1. The quantitative estimate of drug-likeness (QED) is 0.164. The van der Waals surface area contributed by atoms with E-state index in [-0.39, 0.29) is 23.9 Å². The summed E-state index contributed by atoms with van der Waals surface area (Å²) in [6, 6.07) is 30.0. The second kappa shape index (κ2) is 16.6. The zero-order valence-corrected chi connectivity index (χ0v) is 26.5. The average Bonchev–Trinajstić information content (AvgIpc) is 2.94. The Morgan fingerprint density at radius 2 is 1.05 bits per heavy atom. The second-order valence-electron chi connectivity index (χ2n) is 8.56. The first-order valence-corrected chi connectivity index (χ1v) is 15.0. The minimum absolute atomic E-state index is 0. The Labute approximate surface area is 245 Å². The number of rotatable bonds is 8. The fourth-order valence-electron chi connectivity index (χ4n) is 4.18. The molecular weight excluding hydrogens is 571 g/mol. The van der Waals surface area contributed by atoms with Gasteiger partial charge in [-0.15, -0.1) is 0 Å². The van der Waals surface area contributed by atoms with Crippen molar-refractivity contribution in [2.24, 2.45) is 0 Å². The Bertz CT molecular complexity index is 1240. The van der Waals surface area contributed by atoms with Gasteiger partial charge in [0.25, 0.3) is 0 Å². The summed E-state index contributed by atoms with van der Waals surface area (Å²) < 4.78 is 29.5. The Kier molecular flexibility index (Phi) is 14.7. The van der Waals surface area contributed by atoms with Crippen LogP contribution in [-0.4, -0.2) is 56.7 Å². The predicted molar refractivity (Wildman–Crippen MR) is 165 cm³/mol. The van der Waals surface area contributed by atoms with E-state index in [2.05, 4.69) is 23.2 Å². The van der Waals surface area contributed by atoms with Crippen LogP contribution in [0.3, 0.4) is 0 Å². The van der Waals surface area contributed by atoms with E-state index in [1.165, 1.54) is 0 Å². The molecule has 4 rings (SSSR count). The van der Waals surface area contributed by atoms with Gasteiger partial charge in [0.1, 0.15) is 23.8 Å². The maximum atomic E-state index is 14.3. The molecule has 0 aliphatic rings. The molecule has 3 aromatic carbocycles. The van der Waals surface area contributed by atoms with Crippen molar-refractivity contribution in [2.75, 3.05) is 42.4 Å². The minimum atomic E-state index is -2.98. The molecule has 0 saturated carbocycles. The molecule has 0 spiro atoms. The number of para-hydroxylation sites is 2. The van der Waals surface area contributed by atoms with Gasteiger partial charge in [-0.2, -0.15) is 0 Å². The third-order valence-corrected chi connectivity index (χ3v) is 12.2. The van der Waals surface area contributed by atoms with E-state index in [0.29, 0.717) is 0 Å². The Balaban J connectivity index is 0.000000840. The van der Waals surface area contributed by atoms with Gasteiger partial charge in [0.05, 0.1) is 19.5 Å². The smallest absolute Gasteiger partial charge is 0.248 e. The van der Waals surface area contributed by atoms with E-state index in [0.717, 1.165) is 32.7 Å². The Hall–Kier alpha value is -2.52. The summed E-state index contributed by atoms with van der Waals surface area (Å²) in [5.74, 6) is 1.64. The number of hydrogen-bond donors (Lipinski definition) is 0. The van der Waals surface area contributed by atoms with Crippen molar-refractivity contribution in [3.05, 3.63) is 111 Å². The molecule has 0 N–H and O–H groups in total. The zero-order valence-electron chi connectivity index (χ0n) is 23.6. The Morgan fingerprint density at radius 3 is 1.41 bits per heavy atom. The van der Waals surface area contributed by atoms with Gasteiger partial charge in [-0.25, -0.2) is 9.34 Å². The fourth-order valence-corrected chi connectivity index (χ4v) is 10.1. The van der Waals surface area contributed by atoms with Crippen LogP contribution in [0.2, 0.25) is 0 Å². The van der Waals surface area contributed by atoms with Crippen molar-refractivity contribution in [1.29, 1.82) is 0 Å². The van der Waals surface area contributed by atoms with E-state index >= 15 is 0 Å². The predicted octanol–water partition coefficient (Wildman–Crippen LogP) is 4.67. The van der Waals surface area contributed by atoms with Crippen LogP contribution in [0.1, 0.15) is 0 Å². The molecule has 0 atom stereocenters. The summed E-state index contributed by atoms with van der Waals surface area (Å²) in [6.45, 7) is 0. The van der Waals surface area contributed by atoms with Gasteiger partial charge in [0, 0.05) is 28.9 Å². The molecule has 0 unspecified atom stereocenters. The number of benzene rings is 3. The normalized spacial score (nSPS) is 10.7. The van der Waals surface area contributed by atoms with Gasteiger partial charge in [-0.1, -0.05) is 42.5 Å². The summed E-state index contributed by atoms with van der Waals surface area (Å²) >= 11 is 0. The van der Waals surface area contributed by atoms with Crippen LogP contribution in [-0.2, 0) is 21.1 Å². The number of ether oxygens (including phenoxy) is 2. The molecule has 0 aliphatic heterocycles. The largest absolute Gasteiger partial charge is 0.493 e. The minimum Gasteiger partial charge on any atom is -0.493 e. The summed E-state index contributed by atoms with van der Waals surface area (Å²) in [6.07, 6.45) is 3.50. The van der Waals surface area contributed by atoms with Gasteiger partial charge in [-0.3, -0.25) is 9.55 Å².